The van der Waals surface area contributed by atoms with Gasteiger partial charge in [0.25, 0.3) is 0 Å². The van der Waals surface area contributed by atoms with Crippen LogP contribution < -0.4 is 9.68 Å². The number of benzene rings is 2. The molecule has 3 aromatic rings. The van der Waals surface area contributed by atoms with Crippen molar-refractivity contribution in [2.24, 2.45) is 0 Å². The summed E-state index contributed by atoms with van der Waals surface area (Å²) in [6, 6.07) is 15.9. The number of nitrogens with zero attached hydrogens (tertiary/aromatic N) is 4. The quantitative estimate of drug-likeness (QED) is 0.197. The summed E-state index contributed by atoms with van der Waals surface area (Å²) in [7, 11) is 5.71. The molecular formula is C27H31N4O4Y-. The average molecular weight is 564 g/mol. The topological polar surface area (TPSA) is 70.3 Å². The van der Waals surface area contributed by atoms with E-state index in [2.05, 4.69) is 22.5 Å². The molecule has 0 saturated heterocycles. The maximum absolute atomic E-state index is 12.6. The van der Waals surface area contributed by atoms with Gasteiger partial charge in [-0.05, 0) is 43.8 Å². The van der Waals surface area contributed by atoms with Crippen molar-refractivity contribution < 1.29 is 51.9 Å². The number of carbonyl (C=O) groups excluding carboxylic acids is 1. The number of esters is 1. The monoisotopic (exact) mass is 564 g/mol. The van der Waals surface area contributed by atoms with Crippen molar-refractivity contribution in [2.45, 2.75) is 19.4 Å². The molecule has 1 aliphatic rings. The molecule has 0 fully saturated rings. The Morgan fingerprint density at radius 1 is 1.14 bits per heavy atom. The normalized spacial score (nSPS) is 12.9. The van der Waals surface area contributed by atoms with E-state index in [0.29, 0.717) is 18.5 Å². The molecule has 1 aliphatic heterocycles. The Labute approximate surface area is 237 Å². The number of hydroxylamine groups is 1. The number of rotatable bonds is 11. The standard InChI is InChI=1S/C27H31N4O4.Y/c1-29(2)15-13-22-19-31(26-16-24(33-3)11-12-25(22)26)35-28-20-34-27(32)23-10-7-14-30(18-23)17-21-8-5-4-6-9-21;/h4-9,11-12,14,16,18-19H,10,13,15,17,20H2,1-3H3;/q-1;. The fourth-order valence-electron chi connectivity index (χ4n) is 3.89. The zero-order valence-corrected chi connectivity index (χ0v) is 23.8. The van der Waals surface area contributed by atoms with Crippen molar-refractivity contribution in [3.05, 3.63) is 95.4 Å². The second-order valence-corrected chi connectivity index (χ2v) is 8.59. The number of allylic oxidation sites excluding steroid dienone is 1. The molecule has 0 N–H and O–H groups in total. The molecule has 8 nitrogen and oxygen atoms in total. The molecule has 0 saturated carbocycles. The summed E-state index contributed by atoms with van der Waals surface area (Å²) in [5.74, 6) is 0.314. The first kappa shape index (κ1) is 27.9. The first-order chi connectivity index (χ1) is 17.0. The first-order valence-electron chi connectivity index (χ1n) is 11.5. The number of fused-ring (bicyclic) bond motifs is 1. The minimum absolute atomic E-state index is 0. The van der Waals surface area contributed by atoms with Crippen LogP contribution in [0.2, 0.25) is 0 Å². The van der Waals surface area contributed by atoms with E-state index in [9.17, 15) is 4.79 Å². The fourth-order valence-corrected chi connectivity index (χ4v) is 3.89. The van der Waals surface area contributed by atoms with Crippen LogP contribution in [0.4, 0.5) is 0 Å². The maximum Gasteiger partial charge on any atom is 0.334 e. The van der Waals surface area contributed by atoms with Gasteiger partial charge in [-0.25, -0.2) is 9.52 Å². The van der Waals surface area contributed by atoms with Crippen LogP contribution in [-0.4, -0.2) is 55.0 Å². The number of likely N-dealkylation sites (N-methyl/N-ethyl adjacent to an activating group) is 1. The van der Waals surface area contributed by atoms with Crippen molar-refractivity contribution in [3.63, 3.8) is 0 Å². The summed E-state index contributed by atoms with van der Waals surface area (Å²) < 4.78 is 12.3. The third-order valence-corrected chi connectivity index (χ3v) is 5.71. The van der Waals surface area contributed by atoms with Gasteiger partial charge in [0, 0.05) is 89.0 Å². The largest absolute Gasteiger partial charge is 0.499 e. The van der Waals surface area contributed by atoms with Gasteiger partial charge in [0.05, 0.1) is 18.2 Å². The van der Waals surface area contributed by atoms with Crippen molar-refractivity contribution in [3.8, 4) is 5.75 Å². The second kappa shape index (κ2) is 13.6. The fraction of sp³-hybridized carbons (Fsp3) is 0.296. The first-order valence-corrected chi connectivity index (χ1v) is 11.5. The van der Waals surface area contributed by atoms with Crippen molar-refractivity contribution in [2.75, 3.05) is 34.5 Å². The van der Waals surface area contributed by atoms with Crippen LogP contribution in [0.15, 0.2) is 78.8 Å². The molecule has 0 spiro atoms. The van der Waals surface area contributed by atoms with Gasteiger partial charge in [-0.15, -0.1) is 0 Å². The minimum Gasteiger partial charge on any atom is -0.499 e. The van der Waals surface area contributed by atoms with Gasteiger partial charge >= 0.3 is 5.97 Å². The number of ether oxygens (including phenoxy) is 2. The SMILES string of the molecule is COc1ccc2c(CCN(C)C)cn(O[N-]COC(=O)C3=CN(Cc4ccccc4)C=CC3)c2c1.[Y]. The van der Waals surface area contributed by atoms with Gasteiger partial charge < -0.3 is 29.7 Å². The number of hydrogen-bond donors (Lipinski definition) is 0. The summed E-state index contributed by atoms with van der Waals surface area (Å²) >= 11 is 0. The van der Waals surface area contributed by atoms with Gasteiger partial charge in [0.2, 0.25) is 0 Å². The van der Waals surface area contributed by atoms with Crippen LogP contribution in [0, 0.1) is 0 Å². The Balaban J connectivity index is 0.00000361. The van der Waals surface area contributed by atoms with Gasteiger partial charge in [-0.1, -0.05) is 36.4 Å². The molecule has 0 aliphatic carbocycles. The van der Waals surface area contributed by atoms with Gasteiger partial charge in [-0.3, -0.25) is 0 Å². The van der Waals surface area contributed by atoms with E-state index >= 15 is 0 Å². The molecule has 0 atom stereocenters. The average Bonchev–Trinajstić information content (AvgIpc) is 3.22. The zero-order valence-electron chi connectivity index (χ0n) is 21.0. The summed E-state index contributed by atoms with van der Waals surface area (Å²) in [4.78, 5) is 22.3. The Bertz CT molecular complexity index is 1210. The van der Waals surface area contributed by atoms with Crippen LogP contribution in [0.1, 0.15) is 17.5 Å². The van der Waals surface area contributed by atoms with Crippen molar-refractivity contribution in [1.29, 1.82) is 0 Å². The molecule has 36 heavy (non-hydrogen) atoms. The van der Waals surface area contributed by atoms with Crippen molar-refractivity contribution in [1.82, 2.24) is 14.5 Å². The molecule has 9 heteroatoms. The van der Waals surface area contributed by atoms with E-state index in [1.54, 1.807) is 11.8 Å². The summed E-state index contributed by atoms with van der Waals surface area (Å²) in [5, 5.41) is 1.07. The van der Waals surface area contributed by atoms with Gasteiger partial charge in [-0.2, -0.15) is 0 Å². The molecule has 0 amide bonds. The smallest absolute Gasteiger partial charge is 0.334 e. The molecule has 2 aromatic carbocycles. The minimum atomic E-state index is -0.412. The van der Waals surface area contributed by atoms with E-state index in [1.165, 1.54) is 0 Å². The summed E-state index contributed by atoms with van der Waals surface area (Å²) in [6.45, 7) is 1.38. The van der Waals surface area contributed by atoms with Crippen LogP contribution in [0.25, 0.3) is 16.4 Å². The van der Waals surface area contributed by atoms with E-state index < -0.39 is 5.97 Å². The Hall–Kier alpha value is -2.65. The third kappa shape index (κ3) is 7.43. The molecular weight excluding hydrogens is 533 g/mol. The number of aromatic nitrogens is 1. The Kier molecular flexibility index (Phi) is 10.6. The Morgan fingerprint density at radius 3 is 2.69 bits per heavy atom. The van der Waals surface area contributed by atoms with Crippen LogP contribution in [-0.2, 0) is 55.2 Å². The van der Waals surface area contributed by atoms with E-state index in [1.807, 2.05) is 80.1 Å². The van der Waals surface area contributed by atoms with Crippen LogP contribution in [0.5, 0.6) is 5.75 Å². The van der Waals surface area contributed by atoms with Gasteiger partial charge in [0.15, 0.2) is 0 Å². The molecule has 0 bridgehead atoms. The molecule has 1 radical (unpaired) electrons. The van der Waals surface area contributed by atoms with E-state index in [-0.39, 0.29) is 39.4 Å². The predicted molar refractivity (Wildman–Crippen MR) is 135 cm³/mol. The molecule has 187 valence electrons. The summed E-state index contributed by atoms with van der Waals surface area (Å²) in [6.07, 6.45) is 9.02. The van der Waals surface area contributed by atoms with E-state index in [0.717, 1.165) is 40.7 Å². The zero-order chi connectivity index (χ0) is 24.6. The van der Waals surface area contributed by atoms with E-state index in [4.69, 9.17) is 14.4 Å². The molecule has 4 rings (SSSR count). The second-order valence-electron chi connectivity index (χ2n) is 8.59. The molecule has 1 aromatic heterocycles. The molecule has 0 unspecified atom stereocenters. The van der Waals surface area contributed by atoms with Crippen molar-refractivity contribution >= 4 is 16.9 Å². The number of methoxy groups -OCH3 is 1. The van der Waals surface area contributed by atoms with Crippen LogP contribution >= 0.6 is 0 Å². The molecule has 2 heterocycles. The third-order valence-electron chi connectivity index (χ3n) is 5.71. The van der Waals surface area contributed by atoms with Gasteiger partial charge in [0.1, 0.15) is 5.75 Å². The summed E-state index contributed by atoms with van der Waals surface area (Å²) in [5.41, 5.74) is 7.69. The maximum atomic E-state index is 12.6. The number of carbonyl (C=O) groups is 1. The predicted octanol–water partition coefficient (Wildman–Crippen LogP) is 4.27. The van der Waals surface area contributed by atoms with Crippen LogP contribution in [0.3, 0.4) is 0 Å². The Morgan fingerprint density at radius 2 is 1.94 bits per heavy atom. The number of hydrogen-bond acceptors (Lipinski definition) is 6.